The number of anilines is 3. The Hall–Kier alpha value is -1.13. The first-order valence-corrected chi connectivity index (χ1v) is 12.6. The second kappa shape index (κ2) is 7.18. The van der Waals surface area contributed by atoms with Crippen LogP contribution >= 0.6 is 20.1 Å². The van der Waals surface area contributed by atoms with Crippen molar-refractivity contribution in [1.82, 2.24) is 9.97 Å². The van der Waals surface area contributed by atoms with Crippen molar-refractivity contribution >= 4 is 72.5 Å². The first-order chi connectivity index (χ1) is 11.1. The van der Waals surface area contributed by atoms with E-state index in [0.717, 1.165) is 46.4 Å². The summed E-state index contributed by atoms with van der Waals surface area (Å²) in [6, 6.07) is 8.51. The number of rotatable bonds is 4. The van der Waals surface area contributed by atoms with Gasteiger partial charge in [-0.1, -0.05) is 0 Å². The van der Waals surface area contributed by atoms with Gasteiger partial charge in [-0.05, 0) is 0 Å². The molecule has 0 aliphatic rings. The Bertz CT molecular complexity index is 877. The minimum absolute atomic E-state index is 0.0684. The molecule has 0 saturated carbocycles. The molecular formula is C15H11ClFN4PbS. The molecule has 1 heterocycles. The van der Waals surface area contributed by atoms with Gasteiger partial charge in [-0.3, -0.25) is 0 Å². The van der Waals surface area contributed by atoms with Crippen molar-refractivity contribution in [2.75, 3.05) is 10.0 Å². The molecule has 2 aromatic carbocycles. The fourth-order valence-electron chi connectivity index (χ4n) is 2.18. The van der Waals surface area contributed by atoms with E-state index in [4.69, 9.17) is 11.6 Å². The Morgan fingerprint density at radius 2 is 2.04 bits per heavy atom. The van der Waals surface area contributed by atoms with Crippen molar-refractivity contribution in [2.24, 2.45) is 0 Å². The number of fused-ring (bicyclic) bond motifs is 1. The number of aryl methyl sites for hydroxylation is 1. The van der Waals surface area contributed by atoms with Crippen LogP contribution in [0, 0.1) is 12.7 Å². The molecule has 0 aliphatic carbocycles. The molecule has 0 amide bonds. The number of aromatic nitrogens is 2. The number of hydrogen-bond acceptors (Lipinski definition) is 5. The molecule has 0 aliphatic heterocycles. The average Bonchev–Trinajstić information content (AvgIpc) is 2.52. The average molecular weight is 541 g/mol. The van der Waals surface area contributed by atoms with Crippen LogP contribution in [0.2, 0.25) is 5.02 Å². The summed E-state index contributed by atoms with van der Waals surface area (Å²) in [5.74, 6) is 0.204. The van der Waals surface area contributed by atoms with Gasteiger partial charge in [0.1, 0.15) is 0 Å². The van der Waals surface area contributed by atoms with E-state index in [1.165, 1.54) is 18.5 Å². The van der Waals surface area contributed by atoms with Crippen LogP contribution in [0.4, 0.5) is 21.6 Å². The van der Waals surface area contributed by atoms with E-state index in [0.29, 0.717) is 11.5 Å². The summed E-state index contributed by atoms with van der Waals surface area (Å²) in [5, 5.41) is 4.13. The van der Waals surface area contributed by atoms with Gasteiger partial charge in [0.25, 0.3) is 0 Å². The summed E-state index contributed by atoms with van der Waals surface area (Å²) in [6.07, 6.45) is 1.50. The van der Waals surface area contributed by atoms with Crippen molar-refractivity contribution in [2.45, 2.75) is 6.92 Å². The molecule has 0 bridgehead atoms. The summed E-state index contributed by atoms with van der Waals surface area (Å²) >= 11 is 6.82. The zero-order chi connectivity index (χ0) is 16.4. The van der Waals surface area contributed by atoms with Gasteiger partial charge < -0.3 is 0 Å². The van der Waals surface area contributed by atoms with Crippen LogP contribution in [0.5, 0.6) is 0 Å². The zero-order valence-electron chi connectivity index (χ0n) is 12.0. The number of nitrogens with one attached hydrogen (secondary N) is 2. The predicted molar refractivity (Wildman–Crippen MR) is 95.9 cm³/mol. The number of hydrogen-bond donors (Lipinski definition) is 2. The van der Waals surface area contributed by atoms with Crippen LogP contribution in [0.25, 0.3) is 10.9 Å². The molecule has 23 heavy (non-hydrogen) atoms. The van der Waals surface area contributed by atoms with Crippen LogP contribution in [-0.2, 0) is 0 Å². The summed E-state index contributed by atoms with van der Waals surface area (Å²) < 4.78 is 16.6. The third-order valence-corrected chi connectivity index (χ3v) is 5.13. The second-order valence-corrected chi connectivity index (χ2v) is 8.06. The number of halogens is 2. The molecule has 0 unspecified atom stereocenters. The third-order valence-electron chi connectivity index (χ3n) is 3.32. The van der Waals surface area contributed by atoms with Gasteiger partial charge in [0.2, 0.25) is 0 Å². The number of benzene rings is 2. The van der Waals surface area contributed by atoms with Gasteiger partial charge in [0.15, 0.2) is 0 Å². The molecule has 8 heteroatoms. The molecular weight excluding hydrogens is 530 g/mol. The Morgan fingerprint density at radius 1 is 1.22 bits per heavy atom. The van der Waals surface area contributed by atoms with Crippen molar-refractivity contribution in [3.05, 3.63) is 53.1 Å². The van der Waals surface area contributed by atoms with Crippen LogP contribution < -0.4 is 10.0 Å². The first-order valence-electron chi connectivity index (χ1n) is 6.64. The molecule has 3 rings (SSSR count). The Balaban J connectivity index is 2.05. The molecule has 0 atom stereocenters. The molecule has 0 saturated heterocycles. The van der Waals surface area contributed by atoms with Gasteiger partial charge in [-0.25, -0.2) is 0 Å². The Labute approximate surface area is 156 Å². The first kappa shape index (κ1) is 16.7. The van der Waals surface area contributed by atoms with Crippen LogP contribution in [0.1, 0.15) is 5.56 Å². The second-order valence-electron chi connectivity index (χ2n) is 4.86. The molecule has 3 radical (unpaired) electrons. The summed E-state index contributed by atoms with van der Waals surface area (Å²) in [7, 11) is 1.66. The maximum absolute atomic E-state index is 13.3. The summed E-state index contributed by atoms with van der Waals surface area (Å²) in [5.41, 5.74) is 3.67. The van der Waals surface area contributed by atoms with E-state index >= 15 is 0 Å². The van der Waals surface area contributed by atoms with E-state index in [1.54, 1.807) is 14.6 Å². The fraction of sp³-hybridized carbons (Fsp3) is 0.0667. The maximum atomic E-state index is 13.3. The van der Waals surface area contributed by atoms with Gasteiger partial charge >= 0.3 is 157 Å². The van der Waals surface area contributed by atoms with Gasteiger partial charge in [0.05, 0.1) is 0 Å². The molecule has 3 aromatic rings. The van der Waals surface area contributed by atoms with E-state index in [2.05, 4.69) is 20.0 Å². The predicted octanol–water partition coefficient (Wildman–Crippen LogP) is 4.62. The molecule has 0 spiro atoms. The zero-order valence-corrected chi connectivity index (χ0v) is 17.5. The van der Waals surface area contributed by atoms with Crippen molar-refractivity contribution < 1.29 is 4.39 Å². The van der Waals surface area contributed by atoms with Crippen LogP contribution in [0.15, 0.2) is 36.7 Å². The summed E-state index contributed by atoms with van der Waals surface area (Å²) in [4.78, 5) is 8.61. The van der Waals surface area contributed by atoms with Gasteiger partial charge in [-0.15, -0.1) is 0 Å². The number of nitrogens with zero attached hydrogens (tertiary/aromatic N) is 2. The summed E-state index contributed by atoms with van der Waals surface area (Å²) in [6.45, 7) is 2.04. The monoisotopic (exact) mass is 541 g/mol. The fourth-order valence-corrected chi connectivity index (χ4v) is 3.98. The molecule has 0 fully saturated rings. The Kier molecular flexibility index (Phi) is 5.22. The molecule has 4 nitrogen and oxygen atoms in total. The van der Waals surface area contributed by atoms with Gasteiger partial charge in [0, 0.05) is 0 Å². The van der Waals surface area contributed by atoms with E-state index in [-0.39, 0.29) is 5.02 Å². The van der Waals surface area contributed by atoms with Crippen molar-refractivity contribution in [3.63, 3.8) is 0 Å². The molecule has 2 N–H and O–H groups in total. The molecule has 115 valence electrons. The topological polar surface area (TPSA) is 49.8 Å². The standard InChI is InChI=1S/C15H11ClFN4S.Pb/c1-8-4-14-10(6-13(8)21-22)15(19-7-18-14)20-9-2-3-12(17)11(16)5-9;/h2-7,21H,1H3,(H,18,19,20);/q-1;+1. The van der Waals surface area contributed by atoms with Crippen LogP contribution in [-0.4, -0.2) is 34.2 Å². The SMILES string of the molecule is Cc1cc2ncnc(Nc3ccc(F)c(Cl)c3)c2cc1N[S][Pb]. The third kappa shape index (κ3) is 3.69. The van der Waals surface area contributed by atoms with Crippen molar-refractivity contribution in [1.29, 1.82) is 0 Å². The minimum atomic E-state index is -0.448. The molecule has 1 aromatic heterocycles. The quantitative estimate of drug-likeness (QED) is 0.374. The van der Waals surface area contributed by atoms with E-state index in [1.807, 2.05) is 19.1 Å². The Morgan fingerprint density at radius 3 is 2.78 bits per heavy atom. The van der Waals surface area contributed by atoms with Crippen LogP contribution in [0.3, 0.4) is 0 Å². The van der Waals surface area contributed by atoms with Crippen molar-refractivity contribution in [3.8, 4) is 0 Å². The van der Waals surface area contributed by atoms with E-state index in [9.17, 15) is 4.39 Å². The van der Waals surface area contributed by atoms with Gasteiger partial charge in [-0.2, -0.15) is 0 Å². The normalized spacial score (nSPS) is 10.8. The van der Waals surface area contributed by atoms with E-state index < -0.39 is 5.82 Å².